The molecule has 0 aliphatic rings. The van der Waals surface area contributed by atoms with Crippen molar-refractivity contribution in [3.8, 4) is 11.8 Å². The highest BCUT2D eigenvalue weighted by Gasteiger charge is 2.29. The van der Waals surface area contributed by atoms with Gasteiger partial charge >= 0.3 is 6.18 Å². The summed E-state index contributed by atoms with van der Waals surface area (Å²) in [6.45, 7) is 5.69. The van der Waals surface area contributed by atoms with Crippen LogP contribution in [-0.2, 0) is 0 Å². The lowest BCUT2D eigenvalue weighted by Crippen LogP contribution is -2.27. The molecule has 1 atom stereocenters. The molecule has 0 bridgehead atoms. The van der Waals surface area contributed by atoms with Gasteiger partial charge in [0, 0.05) is 17.9 Å². The lowest BCUT2D eigenvalue weighted by atomic mass is 9.97. The predicted molar refractivity (Wildman–Crippen MR) is 50.5 cm³/mol. The number of nitrogens with two attached hydrogens (primary N) is 1. The molecule has 82 valence electrons. The summed E-state index contributed by atoms with van der Waals surface area (Å²) < 4.78 is 35.5. The standard InChI is InChI=1S/C10H16F3N/c1-9(2,3)6-4-5-8(14)7-10(11,12)13/h8H,5,7,14H2,1-3H3. The van der Waals surface area contributed by atoms with Gasteiger partial charge in [-0.1, -0.05) is 5.92 Å². The Hall–Kier alpha value is -0.690. The molecule has 1 nitrogen and oxygen atoms in total. The summed E-state index contributed by atoms with van der Waals surface area (Å²) >= 11 is 0. The Morgan fingerprint density at radius 1 is 1.21 bits per heavy atom. The van der Waals surface area contributed by atoms with Gasteiger partial charge in [0.2, 0.25) is 0 Å². The maximum atomic E-state index is 11.8. The van der Waals surface area contributed by atoms with Crippen molar-refractivity contribution in [2.45, 2.75) is 45.8 Å². The molecule has 0 amide bonds. The van der Waals surface area contributed by atoms with Crippen LogP contribution < -0.4 is 5.73 Å². The normalized spacial score (nSPS) is 14.5. The highest BCUT2D eigenvalue weighted by Crippen LogP contribution is 2.21. The van der Waals surface area contributed by atoms with Gasteiger partial charge in [0.25, 0.3) is 0 Å². The van der Waals surface area contributed by atoms with Crippen molar-refractivity contribution in [3.63, 3.8) is 0 Å². The fourth-order valence-electron chi connectivity index (χ4n) is 0.817. The molecule has 0 aromatic heterocycles. The molecule has 1 unspecified atom stereocenters. The molecular weight excluding hydrogens is 191 g/mol. The Kier molecular flexibility index (Phi) is 4.47. The van der Waals surface area contributed by atoms with E-state index in [4.69, 9.17) is 5.73 Å². The highest BCUT2D eigenvalue weighted by atomic mass is 19.4. The molecule has 0 saturated carbocycles. The first-order valence-electron chi connectivity index (χ1n) is 4.42. The first-order chi connectivity index (χ1) is 6.10. The second-order valence-corrected chi connectivity index (χ2v) is 4.34. The van der Waals surface area contributed by atoms with Crippen LogP contribution in [0.4, 0.5) is 13.2 Å². The van der Waals surface area contributed by atoms with Crippen LogP contribution in [0.25, 0.3) is 0 Å². The Balaban J connectivity index is 3.96. The predicted octanol–water partition coefficient (Wildman–Crippen LogP) is 2.71. The maximum absolute atomic E-state index is 11.8. The van der Waals surface area contributed by atoms with Crippen molar-refractivity contribution >= 4 is 0 Å². The van der Waals surface area contributed by atoms with Gasteiger partial charge in [-0.2, -0.15) is 13.2 Å². The summed E-state index contributed by atoms with van der Waals surface area (Å²) in [4.78, 5) is 0. The largest absolute Gasteiger partial charge is 0.390 e. The Morgan fingerprint density at radius 3 is 2.07 bits per heavy atom. The smallest absolute Gasteiger partial charge is 0.327 e. The Labute approximate surface area is 82.9 Å². The summed E-state index contributed by atoms with van der Waals surface area (Å²) in [6.07, 6.45) is -5.06. The van der Waals surface area contributed by atoms with E-state index in [-0.39, 0.29) is 11.8 Å². The molecule has 0 aromatic rings. The van der Waals surface area contributed by atoms with E-state index in [0.29, 0.717) is 0 Å². The molecular formula is C10H16F3N. The lowest BCUT2D eigenvalue weighted by molar-refractivity contribution is -0.137. The SMILES string of the molecule is CC(C)(C)C#CCC(N)CC(F)(F)F. The first-order valence-corrected chi connectivity index (χ1v) is 4.42. The zero-order valence-corrected chi connectivity index (χ0v) is 8.70. The molecule has 0 saturated heterocycles. The van der Waals surface area contributed by atoms with Crippen LogP contribution in [0.15, 0.2) is 0 Å². The maximum Gasteiger partial charge on any atom is 0.390 e. The van der Waals surface area contributed by atoms with E-state index in [0.717, 1.165) is 0 Å². The number of rotatable bonds is 2. The van der Waals surface area contributed by atoms with E-state index in [2.05, 4.69) is 11.8 Å². The molecule has 0 spiro atoms. The third-order valence-electron chi connectivity index (χ3n) is 1.32. The van der Waals surface area contributed by atoms with Crippen molar-refractivity contribution in [1.82, 2.24) is 0 Å². The van der Waals surface area contributed by atoms with Crippen LogP contribution >= 0.6 is 0 Å². The molecule has 0 aromatic carbocycles. The van der Waals surface area contributed by atoms with Crippen molar-refractivity contribution in [2.24, 2.45) is 11.1 Å². The summed E-state index contributed by atoms with van der Waals surface area (Å²) in [5.74, 6) is 5.51. The topological polar surface area (TPSA) is 26.0 Å². The number of hydrogen-bond donors (Lipinski definition) is 1. The van der Waals surface area contributed by atoms with Gasteiger partial charge < -0.3 is 5.73 Å². The van der Waals surface area contributed by atoms with Gasteiger partial charge in [-0.25, -0.2) is 0 Å². The minimum Gasteiger partial charge on any atom is -0.327 e. The summed E-state index contributed by atoms with van der Waals surface area (Å²) in [6, 6.07) is -0.912. The molecule has 2 N–H and O–H groups in total. The molecule has 0 aliphatic carbocycles. The zero-order chi connectivity index (χ0) is 11.4. The van der Waals surface area contributed by atoms with Gasteiger partial charge in [-0.05, 0) is 20.8 Å². The minimum absolute atomic E-state index is 0.0940. The molecule has 0 rings (SSSR count). The summed E-state index contributed by atoms with van der Waals surface area (Å²) in [5.41, 5.74) is 5.08. The molecule has 0 fully saturated rings. The van der Waals surface area contributed by atoms with E-state index >= 15 is 0 Å². The van der Waals surface area contributed by atoms with Gasteiger partial charge in [0.1, 0.15) is 0 Å². The summed E-state index contributed by atoms with van der Waals surface area (Å²) in [5, 5.41) is 0. The third-order valence-corrected chi connectivity index (χ3v) is 1.32. The minimum atomic E-state index is -4.19. The molecule has 0 radical (unpaired) electrons. The van der Waals surface area contributed by atoms with Crippen LogP contribution in [-0.4, -0.2) is 12.2 Å². The monoisotopic (exact) mass is 207 g/mol. The molecule has 4 heteroatoms. The number of halogens is 3. The van der Waals surface area contributed by atoms with Crippen molar-refractivity contribution in [2.75, 3.05) is 0 Å². The average Bonchev–Trinajstić information content (AvgIpc) is 1.78. The van der Waals surface area contributed by atoms with E-state index in [1.165, 1.54) is 0 Å². The van der Waals surface area contributed by atoms with E-state index in [1.807, 2.05) is 20.8 Å². The number of hydrogen-bond acceptors (Lipinski definition) is 1. The molecule has 0 aliphatic heterocycles. The van der Waals surface area contributed by atoms with Crippen molar-refractivity contribution in [1.29, 1.82) is 0 Å². The quantitative estimate of drug-likeness (QED) is 0.692. The number of alkyl halides is 3. The lowest BCUT2D eigenvalue weighted by Gasteiger charge is -2.11. The molecule has 0 heterocycles. The van der Waals surface area contributed by atoms with E-state index in [1.54, 1.807) is 0 Å². The first kappa shape index (κ1) is 13.3. The van der Waals surface area contributed by atoms with Gasteiger partial charge in [0.15, 0.2) is 0 Å². The summed E-state index contributed by atoms with van der Waals surface area (Å²) in [7, 11) is 0. The van der Waals surface area contributed by atoms with Crippen LogP contribution in [0.2, 0.25) is 0 Å². The fraction of sp³-hybridized carbons (Fsp3) is 0.800. The van der Waals surface area contributed by atoms with Crippen LogP contribution in [0.1, 0.15) is 33.6 Å². The van der Waals surface area contributed by atoms with Gasteiger partial charge in [0.05, 0.1) is 6.42 Å². The third kappa shape index (κ3) is 9.40. The molecule has 14 heavy (non-hydrogen) atoms. The second kappa shape index (κ2) is 4.70. The van der Waals surface area contributed by atoms with E-state index < -0.39 is 18.6 Å². The Morgan fingerprint density at radius 2 is 1.71 bits per heavy atom. The van der Waals surface area contributed by atoms with Gasteiger partial charge in [-0.3, -0.25) is 0 Å². The fourth-order valence-corrected chi connectivity index (χ4v) is 0.817. The van der Waals surface area contributed by atoms with E-state index in [9.17, 15) is 13.2 Å². The van der Waals surface area contributed by atoms with Gasteiger partial charge in [-0.15, -0.1) is 5.92 Å². The average molecular weight is 207 g/mol. The van der Waals surface area contributed by atoms with Crippen LogP contribution in [0, 0.1) is 17.3 Å². The highest BCUT2D eigenvalue weighted by molar-refractivity contribution is 5.08. The van der Waals surface area contributed by atoms with Crippen LogP contribution in [0.3, 0.4) is 0 Å². The van der Waals surface area contributed by atoms with Crippen LogP contribution in [0.5, 0.6) is 0 Å². The van der Waals surface area contributed by atoms with Crippen molar-refractivity contribution in [3.05, 3.63) is 0 Å². The second-order valence-electron chi connectivity index (χ2n) is 4.34. The Bertz CT molecular complexity index is 226. The van der Waals surface area contributed by atoms with Crippen molar-refractivity contribution < 1.29 is 13.2 Å². The zero-order valence-electron chi connectivity index (χ0n) is 8.70.